The van der Waals surface area contributed by atoms with E-state index in [4.69, 9.17) is 11.5 Å². The molecule has 7 heteroatoms. The van der Waals surface area contributed by atoms with Gasteiger partial charge in [0.05, 0.1) is 19.2 Å². The van der Waals surface area contributed by atoms with E-state index in [9.17, 15) is 19.1 Å². The van der Waals surface area contributed by atoms with Crippen molar-refractivity contribution in [3.63, 3.8) is 0 Å². The van der Waals surface area contributed by atoms with E-state index in [0.717, 1.165) is 0 Å². The van der Waals surface area contributed by atoms with E-state index in [2.05, 4.69) is 0 Å². The summed E-state index contributed by atoms with van der Waals surface area (Å²) < 4.78 is 13.7. The molecule has 0 aromatic heterocycles. The van der Waals surface area contributed by atoms with E-state index in [-0.39, 0.29) is 24.3 Å². The number of nitrogens with zero attached hydrogens (tertiary/aromatic N) is 1. The number of rotatable bonds is 6. The minimum absolute atomic E-state index is 0.00926. The van der Waals surface area contributed by atoms with Gasteiger partial charge in [0.25, 0.3) is 0 Å². The maximum atomic E-state index is 13.7. The highest BCUT2D eigenvalue weighted by Crippen LogP contribution is 2.28. The lowest BCUT2D eigenvalue weighted by Gasteiger charge is -2.25. The van der Waals surface area contributed by atoms with Gasteiger partial charge in [0.1, 0.15) is 5.82 Å². The number of benzene rings is 1. The molecule has 1 unspecified atom stereocenters. The average molecular weight is 269 g/mol. The Morgan fingerprint density at radius 3 is 2.26 bits per heavy atom. The number of aliphatic hydroxyl groups is 1. The molecule has 19 heavy (non-hydrogen) atoms. The van der Waals surface area contributed by atoms with Gasteiger partial charge in [0.15, 0.2) is 0 Å². The molecule has 5 N–H and O–H groups in total. The minimum atomic E-state index is -1.10. The van der Waals surface area contributed by atoms with Gasteiger partial charge < -0.3 is 21.5 Å². The molecule has 0 radical (unpaired) electrons. The zero-order chi connectivity index (χ0) is 14.6. The summed E-state index contributed by atoms with van der Waals surface area (Å²) in [7, 11) is 0. The first-order chi connectivity index (χ1) is 8.82. The van der Waals surface area contributed by atoms with Gasteiger partial charge in [-0.15, -0.1) is 0 Å². The highest BCUT2D eigenvalue weighted by atomic mass is 19.1. The van der Waals surface area contributed by atoms with Crippen LogP contribution in [0.15, 0.2) is 18.2 Å². The molecule has 2 amide bonds. The fourth-order valence-electron chi connectivity index (χ4n) is 1.82. The fraction of sp³-hybridized carbons (Fsp3) is 0.333. The number of halogens is 1. The van der Waals surface area contributed by atoms with Gasteiger partial charge in [-0.25, -0.2) is 4.39 Å². The maximum absolute atomic E-state index is 13.7. The van der Waals surface area contributed by atoms with Crippen LogP contribution in [-0.2, 0) is 9.59 Å². The molecule has 0 fully saturated rings. The number of primary amides is 2. The lowest BCUT2D eigenvalue weighted by atomic mass is 10.1. The van der Waals surface area contributed by atoms with Crippen LogP contribution in [-0.4, -0.2) is 30.0 Å². The molecule has 1 aromatic rings. The van der Waals surface area contributed by atoms with Crippen LogP contribution < -0.4 is 16.4 Å². The molecule has 1 rings (SSSR count). The highest BCUT2D eigenvalue weighted by molar-refractivity contribution is 5.85. The molecule has 0 aliphatic heterocycles. The molecule has 0 bridgehead atoms. The summed E-state index contributed by atoms with van der Waals surface area (Å²) in [6, 6.07) is 4.07. The first-order valence-electron chi connectivity index (χ1n) is 5.61. The van der Waals surface area contributed by atoms with Crippen LogP contribution >= 0.6 is 0 Å². The Morgan fingerprint density at radius 1 is 1.32 bits per heavy atom. The van der Waals surface area contributed by atoms with Gasteiger partial charge in [-0.1, -0.05) is 6.07 Å². The second-order valence-corrected chi connectivity index (χ2v) is 4.14. The van der Waals surface area contributed by atoms with E-state index < -0.39 is 23.7 Å². The largest absolute Gasteiger partial charge is 0.389 e. The Kier molecular flexibility index (Phi) is 4.82. The van der Waals surface area contributed by atoms with Crippen LogP contribution in [0.2, 0.25) is 0 Å². The van der Waals surface area contributed by atoms with E-state index in [0.29, 0.717) is 0 Å². The predicted molar refractivity (Wildman–Crippen MR) is 67.6 cm³/mol. The Balaban J connectivity index is 3.24. The van der Waals surface area contributed by atoms with Crippen LogP contribution in [0.5, 0.6) is 0 Å². The Morgan fingerprint density at radius 2 is 1.84 bits per heavy atom. The Bertz CT molecular complexity index is 475. The van der Waals surface area contributed by atoms with Crippen molar-refractivity contribution in [2.24, 2.45) is 11.5 Å². The van der Waals surface area contributed by atoms with E-state index in [1.54, 1.807) is 0 Å². The average Bonchev–Trinajstić information content (AvgIpc) is 2.25. The third kappa shape index (κ3) is 3.92. The van der Waals surface area contributed by atoms with E-state index >= 15 is 0 Å². The first kappa shape index (κ1) is 14.9. The number of carbonyl (C=O) groups excluding carboxylic acids is 2. The topological polar surface area (TPSA) is 110 Å². The van der Waals surface area contributed by atoms with Gasteiger partial charge >= 0.3 is 0 Å². The van der Waals surface area contributed by atoms with Crippen molar-refractivity contribution in [2.45, 2.75) is 13.0 Å². The lowest BCUT2D eigenvalue weighted by molar-refractivity contribution is -0.117. The van der Waals surface area contributed by atoms with Gasteiger partial charge in [-0.2, -0.15) is 0 Å². The van der Waals surface area contributed by atoms with Crippen molar-refractivity contribution in [1.82, 2.24) is 0 Å². The fourth-order valence-corrected chi connectivity index (χ4v) is 1.82. The smallest absolute Gasteiger partial charge is 0.236 e. The summed E-state index contributed by atoms with van der Waals surface area (Å²) in [5, 5.41) is 9.60. The summed E-state index contributed by atoms with van der Waals surface area (Å²) in [5.41, 5.74) is 10.4. The molecule has 0 aliphatic carbocycles. The van der Waals surface area contributed by atoms with Gasteiger partial charge in [0.2, 0.25) is 11.8 Å². The third-order valence-corrected chi connectivity index (χ3v) is 2.48. The molecule has 104 valence electrons. The van der Waals surface area contributed by atoms with Crippen LogP contribution in [0, 0.1) is 5.82 Å². The second kappa shape index (κ2) is 6.14. The van der Waals surface area contributed by atoms with Crippen LogP contribution in [0.1, 0.15) is 18.6 Å². The second-order valence-electron chi connectivity index (χ2n) is 4.14. The van der Waals surface area contributed by atoms with Gasteiger partial charge in [-0.3, -0.25) is 9.59 Å². The molecule has 0 saturated carbocycles. The third-order valence-electron chi connectivity index (χ3n) is 2.48. The van der Waals surface area contributed by atoms with Crippen molar-refractivity contribution in [3.8, 4) is 0 Å². The minimum Gasteiger partial charge on any atom is -0.389 e. The zero-order valence-corrected chi connectivity index (χ0v) is 10.5. The molecule has 0 saturated heterocycles. The van der Waals surface area contributed by atoms with Crippen LogP contribution in [0.25, 0.3) is 0 Å². The first-order valence-corrected chi connectivity index (χ1v) is 5.61. The van der Waals surface area contributed by atoms with Gasteiger partial charge in [-0.05, 0) is 19.1 Å². The summed E-state index contributed by atoms with van der Waals surface area (Å²) in [6.45, 7) is 0.785. The van der Waals surface area contributed by atoms with Gasteiger partial charge in [0, 0.05) is 11.3 Å². The molecule has 1 aromatic carbocycles. The Hall–Kier alpha value is -2.15. The molecular formula is C12H16FN3O3. The van der Waals surface area contributed by atoms with Crippen molar-refractivity contribution < 1.29 is 19.1 Å². The number of hydrogen-bond acceptors (Lipinski definition) is 4. The number of nitrogens with two attached hydrogens (primary N) is 2. The highest BCUT2D eigenvalue weighted by Gasteiger charge is 2.20. The van der Waals surface area contributed by atoms with Crippen LogP contribution in [0.3, 0.4) is 0 Å². The van der Waals surface area contributed by atoms with Crippen molar-refractivity contribution in [1.29, 1.82) is 0 Å². The summed E-state index contributed by atoms with van der Waals surface area (Å²) >= 11 is 0. The number of carbonyl (C=O) groups is 2. The standard InChI is InChI=1S/C12H16FN3O3/c1-7(17)12-8(13)3-2-4-9(12)16(5-10(14)18)6-11(15)19/h2-4,7,17H,5-6H2,1H3,(H2,14,18)(H2,15,19). The zero-order valence-electron chi connectivity index (χ0n) is 10.5. The predicted octanol–water partition coefficient (Wildman–Crippen LogP) is -0.344. The number of amides is 2. The molecule has 0 aliphatic rings. The number of hydrogen-bond donors (Lipinski definition) is 3. The monoisotopic (exact) mass is 269 g/mol. The van der Waals surface area contributed by atoms with Crippen molar-refractivity contribution in [3.05, 3.63) is 29.6 Å². The van der Waals surface area contributed by atoms with E-state index in [1.165, 1.54) is 30.0 Å². The molecular weight excluding hydrogens is 253 g/mol. The summed E-state index contributed by atoms with van der Waals surface area (Å²) in [6.07, 6.45) is -1.10. The van der Waals surface area contributed by atoms with Crippen LogP contribution in [0.4, 0.5) is 10.1 Å². The summed E-state index contributed by atoms with van der Waals surface area (Å²) in [5.74, 6) is -2.02. The SMILES string of the molecule is CC(O)c1c(F)cccc1N(CC(N)=O)CC(N)=O. The summed E-state index contributed by atoms with van der Waals surface area (Å²) in [4.78, 5) is 23.2. The Labute approximate surface area is 109 Å². The molecule has 6 nitrogen and oxygen atoms in total. The van der Waals surface area contributed by atoms with Crippen molar-refractivity contribution in [2.75, 3.05) is 18.0 Å². The molecule has 0 spiro atoms. The molecule has 0 heterocycles. The quantitative estimate of drug-likeness (QED) is 0.656. The lowest BCUT2D eigenvalue weighted by Crippen LogP contribution is -2.40. The molecule has 1 atom stereocenters. The number of anilines is 1. The van der Waals surface area contributed by atoms with Crippen molar-refractivity contribution >= 4 is 17.5 Å². The van der Waals surface area contributed by atoms with E-state index in [1.807, 2.05) is 0 Å². The normalized spacial score (nSPS) is 11.9. The number of aliphatic hydroxyl groups excluding tert-OH is 1. The maximum Gasteiger partial charge on any atom is 0.236 e.